The molecule has 4 heteroatoms. The number of allylic oxidation sites excluding steroid dienone is 7. The maximum absolute atomic E-state index is 11.0. The highest BCUT2D eigenvalue weighted by atomic mass is 16.3. The predicted octanol–water partition coefficient (Wildman–Crippen LogP) is 3.17. The molecule has 1 aliphatic carbocycles. The average molecular weight is 282 g/mol. The predicted molar refractivity (Wildman–Crippen MR) is 80.9 cm³/mol. The van der Waals surface area contributed by atoms with E-state index in [4.69, 9.17) is 5.11 Å². The van der Waals surface area contributed by atoms with Gasteiger partial charge in [0, 0.05) is 23.3 Å². The topological polar surface area (TPSA) is 77.8 Å². The fourth-order valence-corrected chi connectivity index (χ4v) is 1.72. The van der Waals surface area contributed by atoms with E-state index in [1.54, 1.807) is 36.4 Å². The third kappa shape index (κ3) is 3.98. The van der Waals surface area contributed by atoms with Gasteiger partial charge in [0.15, 0.2) is 5.78 Å². The van der Waals surface area contributed by atoms with E-state index in [1.165, 1.54) is 24.3 Å². The Morgan fingerprint density at radius 2 is 1.76 bits per heavy atom. The molecule has 0 fully saturated rings. The smallest absolute Gasteiger partial charge is 0.182 e. The molecule has 3 N–H and O–H groups in total. The van der Waals surface area contributed by atoms with Crippen LogP contribution in [-0.2, 0) is 4.79 Å². The largest absolute Gasteiger partial charge is 0.508 e. The van der Waals surface area contributed by atoms with E-state index in [1.807, 2.05) is 0 Å². The van der Waals surface area contributed by atoms with Crippen LogP contribution in [0.4, 0.5) is 0 Å². The van der Waals surface area contributed by atoms with E-state index in [2.05, 4.69) is 0 Å². The van der Waals surface area contributed by atoms with Crippen molar-refractivity contribution < 1.29 is 20.1 Å². The standard InChI is InChI=1S/C17H14O4/c18-14-8-6-12(16(20)10-14)4-2-1-3-5-13-7-9-15(19)11-17(13)21/h1-11,18,20-21H/b3-1+,4-2-,13-5-. The van der Waals surface area contributed by atoms with Crippen molar-refractivity contribution in [1.29, 1.82) is 0 Å². The monoisotopic (exact) mass is 282 g/mol. The molecular formula is C17H14O4. The maximum Gasteiger partial charge on any atom is 0.182 e. The van der Waals surface area contributed by atoms with Crippen LogP contribution in [0.15, 0.2) is 72.1 Å². The minimum absolute atomic E-state index is 0.00539. The molecule has 0 atom stereocenters. The molecule has 21 heavy (non-hydrogen) atoms. The summed E-state index contributed by atoms with van der Waals surface area (Å²) in [6.45, 7) is 0. The van der Waals surface area contributed by atoms with Crippen LogP contribution in [0.2, 0.25) is 0 Å². The molecule has 0 bridgehead atoms. The number of rotatable bonds is 3. The number of benzene rings is 1. The zero-order chi connectivity index (χ0) is 15.2. The van der Waals surface area contributed by atoms with Gasteiger partial charge >= 0.3 is 0 Å². The zero-order valence-electron chi connectivity index (χ0n) is 11.1. The number of ketones is 1. The van der Waals surface area contributed by atoms with Crippen molar-refractivity contribution in [3.8, 4) is 11.5 Å². The fourth-order valence-electron chi connectivity index (χ4n) is 1.72. The summed E-state index contributed by atoms with van der Waals surface area (Å²) in [5.41, 5.74) is 1.13. The third-order valence-electron chi connectivity index (χ3n) is 2.79. The first-order chi connectivity index (χ1) is 10.1. The van der Waals surface area contributed by atoms with E-state index in [0.29, 0.717) is 11.1 Å². The van der Waals surface area contributed by atoms with Gasteiger partial charge in [0.25, 0.3) is 0 Å². The minimum atomic E-state index is -0.240. The fraction of sp³-hybridized carbons (Fsp3) is 0. The van der Waals surface area contributed by atoms with Crippen molar-refractivity contribution in [3.63, 3.8) is 0 Å². The van der Waals surface area contributed by atoms with Gasteiger partial charge in [-0.2, -0.15) is 0 Å². The van der Waals surface area contributed by atoms with Crippen LogP contribution >= 0.6 is 0 Å². The van der Waals surface area contributed by atoms with Crippen LogP contribution in [0.1, 0.15) is 5.56 Å². The molecule has 0 radical (unpaired) electrons. The van der Waals surface area contributed by atoms with Gasteiger partial charge in [-0.05, 0) is 24.3 Å². The lowest BCUT2D eigenvalue weighted by molar-refractivity contribution is -0.110. The molecule has 1 aromatic rings. The van der Waals surface area contributed by atoms with E-state index >= 15 is 0 Å². The molecular weight excluding hydrogens is 268 g/mol. The normalized spacial score (nSPS) is 17.0. The highest BCUT2D eigenvalue weighted by Crippen LogP contribution is 2.23. The Labute approximate surface area is 122 Å². The molecule has 4 nitrogen and oxygen atoms in total. The number of carbonyl (C=O) groups is 1. The lowest BCUT2D eigenvalue weighted by Crippen LogP contribution is -1.98. The molecule has 0 amide bonds. The van der Waals surface area contributed by atoms with E-state index in [0.717, 1.165) is 6.08 Å². The van der Waals surface area contributed by atoms with Gasteiger partial charge in [-0.25, -0.2) is 0 Å². The molecule has 106 valence electrons. The number of phenolic OH excluding ortho intramolecular Hbond substituents is 2. The first kappa shape index (κ1) is 14.4. The Morgan fingerprint density at radius 3 is 2.48 bits per heavy atom. The first-order valence-corrected chi connectivity index (χ1v) is 6.26. The number of phenols is 2. The van der Waals surface area contributed by atoms with Crippen molar-refractivity contribution in [3.05, 3.63) is 77.6 Å². The first-order valence-electron chi connectivity index (χ1n) is 6.26. The van der Waals surface area contributed by atoms with Crippen molar-refractivity contribution in [1.82, 2.24) is 0 Å². The van der Waals surface area contributed by atoms with Crippen LogP contribution in [0.3, 0.4) is 0 Å². The number of aromatic hydroxyl groups is 2. The summed E-state index contributed by atoms with van der Waals surface area (Å²) in [6, 6.07) is 4.34. The molecule has 0 aliphatic heterocycles. The van der Waals surface area contributed by atoms with Crippen LogP contribution < -0.4 is 0 Å². The Balaban J connectivity index is 2.03. The van der Waals surface area contributed by atoms with Gasteiger partial charge in [-0.15, -0.1) is 0 Å². The summed E-state index contributed by atoms with van der Waals surface area (Å²) in [4.78, 5) is 11.0. The lowest BCUT2D eigenvalue weighted by atomic mass is 10.1. The number of aliphatic hydroxyl groups is 1. The highest BCUT2D eigenvalue weighted by molar-refractivity contribution is 6.01. The second-order valence-corrected chi connectivity index (χ2v) is 4.37. The Morgan fingerprint density at radius 1 is 0.952 bits per heavy atom. The Bertz CT molecular complexity index is 704. The molecule has 1 aliphatic rings. The third-order valence-corrected chi connectivity index (χ3v) is 2.79. The van der Waals surface area contributed by atoms with Crippen molar-refractivity contribution >= 4 is 11.9 Å². The Hall–Kier alpha value is -3.01. The van der Waals surface area contributed by atoms with Gasteiger partial charge in [0.1, 0.15) is 17.3 Å². The quantitative estimate of drug-likeness (QED) is 0.744. The lowest BCUT2D eigenvalue weighted by Gasteiger charge is -2.03. The second kappa shape index (κ2) is 6.43. The minimum Gasteiger partial charge on any atom is -0.508 e. The van der Waals surface area contributed by atoms with Gasteiger partial charge in [0.05, 0.1) is 0 Å². The van der Waals surface area contributed by atoms with Crippen LogP contribution in [0.5, 0.6) is 11.5 Å². The summed E-state index contributed by atoms with van der Waals surface area (Å²) in [5, 5.41) is 28.3. The van der Waals surface area contributed by atoms with Crippen molar-refractivity contribution in [2.45, 2.75) is 0 Å². The average Bonchev–Trinajstić information content (AvgIpc) is 2.42. The SMILES string of the molecule is O=C1C=C/C(=C/C=C/C=C\c2ccc(O)cc2O)C(O)=C1. The second-order valence-electron chi connectivity index (χ2n) is 4.37. The summed E-state index contributed by atoms with van der Waals surface area (Å²) in [5.74, 6) is -0.304. The summed E-state index contributed by atoms with van der Waals surface area (Å²) in [6.07, 6.45) is 12.5. The highest BCUT2D eigenvalue weighted by Gasteiger charge is 2.06. The molecule has 0 saturated carbocycles. The molecule has 1 aromatic carbocycles. The molecule has 0 heterocycles. The number of carbonyl (C=O) groups excluding carboxylic acids is 1. The molecule has 0 aromatic heterocycles. The van der Waals surface area contributed by atoms with E-state index in [9.17, 15) is 15.0 Å². The van der Waals surface area contributed by atoms with E-state index in [-0.39, 0.29) is 23.0 Å². The maximum atomic E-state index is 11.0. The number of hydrogen-bond donors (Lipinski definition) is 3. The van der Waals surface area contributed by atoms with E-state index < -0.39 is 0 Å². The van der Waals surface area contributed by atoms with Crippen molar-refractivity contribution in [2.24, 2.45) is 0 Å². The van der Waals surface area contributed by atoms with Gasteiger partial charge in [0.2, 0.25) is 0 Å². The van der Waals surface area contributed by atoms with Crippen LogP contribution in [0, 0.1) is 0 Å². The van der Waals surface area contributed by atoms with Gasteiger partial charge in [-0.3, -0.25) is 4.79 Å². The molecule has 0 unspecified atom stereocenters. The molecule has 0 spiro atoms. The molecule has 0 saturated heterocycles. The number of aliphatic hydroxyl groups excluding tert-OH is 1. The van der Waals surface area contributed by atoms with Crippen molar-refractivity contribution in [2.75, 3.05) is 0 Å². The summed E-state index contributed by atoms with van der Waals surface area (Å²) in [7, 11) is 0. The molecule has 2 rings (SSSR count). The zero-order valence-corrected chi connectivity index (χ0v) is 11.1. The van der Waals surface area contributed by atoms with Crippen LogP contribution in [-0.4, -0.2) is 21.1 Å². The Kier molecular flexibility index (Phi) is 4.41. The van der Waals surface area contributed by atoms with Crippen LogP contribution in [0.25, 0.3) is 6.08 Å². The number of hydrogen-bond acceptors (Lipinski definition) is 4. The summed E-state index contributed by atoms with van der Waals surface area (Å²) < 4.78 is 0. The van der Waals surface area contributed by atoms with Gasteiger partial charge < -0.3 is 15.3 Å². The summed E-state index contributed by atoms with van der Waals surface area (Å²) >= 11 is 0. The van der Waals surface area contributed by atoms with Gasteiger partial charge in [-0.1, -0.05) is 30.4 Å².